The molecule has 0 aliphatic carbocycles. The van der Waals surface area contributed by atoms with Gasteiger partial charge in [-0.1, -0.05) is 24.3 Å². The normalized spacial score (nSPS) is 9.88. The summed E-state index contributed by atoms with van der Waals surface area (Å²) in [6.07, 6.45) is 0. The largest absolute Gasteiger partial charge is 0.496 e. The molecular formula is C18H20N2O5. The summed E-state index contributed by atoms with van der Waals surface area (Å²) in [6, 6.07) is 12.3. The van der Waals surface area contributed by atoms with Crippen LogP contribution in [0.1, 0.15) is 15.9 Å². The van der Waals surface area contributed by atoms with Gasteiger partial charge in [0.15, 0.2) is 6.61 Å². The minimum atomic E-state index is -0.557. The Labute approximate surface area is 145 Å². The van der Waals surface area contributed by atoms with Gasteiger partial charge in [-0.2, -0.15) is 0 Å². The van der Waals surface area contributed by atoms with Crippen molar-refractivity contribution in [3.8, 4) is 17.2 Å². The standard InChI is InChI=1S/C18H20N2O5/c1-12-7-4-5-8-13(12)25-11-16(21)19-20-18(22)17-14(23-2)9-6-10-15(17)24-3/h4-10H,11H2,1-3H3,(H,19,21)(H,20,22). The molecule has 132 valence electrons. The summed E-state index contributed by atoms with van der Waals surface area (Å²) in [5, 5.41) is 0. The molecular weight excluding hydrogens is 324 g/mol. The fraction of sp³-hybridized carbons (Fsp3) is 0.222. The van der Waals surface area contributed by atoms with Gasteiger partial charge in [0.05, 0.1) is 14.2 Å². The van der Waals surface area contributed by atoms with Crippen LogP contribution < -0.4 is 25.1 Å². The second kappa shape index (κ2) is 8.58. The molecule has 0 aromatic heterocycles. The van der Waals surface area contributed by atoms with E-state index in [4.69, 9.17) is 14.2 Å². The summed E-state index contributed by atoms with van der Waals surface area (Å²) in [4.78, 5) is 24.2. The molecule has 7 nitrogen and oxygen atoms in total. The van der Waals surface area contributed by atoms with Crippen LogP contribution in [-0.2, 0) is 4.79 Å². The van der Waals surface area contributed by atoms with Crippen molar-refractivity contribution in [2.75, 3.05) is 20.8 Å². The summed E-state index contributed by atoms with van der Waals surface area (Å²) in [5.74, 6) is 0.226. The number of amides is 2. The fourth-order valence-electron chi connectivity index (χ4n) is 2.16. The summed E-state index contributed by atoms with van der Waals surface area (Å²) in [7, 11) is 2.89. The number of carbonyl (C=O) groups excluding carboxylic acids is 2. The van der Waals surface area contributed by atoms with Crippen molar-refractivity contribution in [2.45, 2.75) is 6.92 Å². The van der Waals surface area contributed by atoms with Gasteiger partial charge >= 0.3 is 0 Å². The van der Waals surface area contributed by atoms with Gasteiger partial charge in [0.25, 0.3) is 11.8 Å². The van der Waals surface area contributed by atoms with Crippen molar-refractivity contribution in [1.82, 2.24) is 10.9 Å². The third kappa shape index (κ3) is 4.63. The maximum atomic E-state index is 12.3. The maximum absolute atomic E-state index is 12.3. The van der Waals surface area contributed by atoms with E-state index in [9.17, 15) is 9.59 Å². The number of nitrogens with one attached hydrogen (secondary N) is 2. The van der Waals surface area contributed by atoms with Crippen LogP contribution in [0.15, 0.2) is 42.5 Å². The number of para-hydroxylation sites is 1. The van der Waals surface area contributed by atoms with Crippen molar-refractivity contribution in [3.05, 3.63) is 53.6 Å². The maximum Gasteiger partial charge on any atom is 0.277 e. The lowest BCUT2D eigenvalue weighted by Crippen LogP contribution is -2.44. The van der Waals surface area contributed by atoms with E-state index < -0.39 is 11.8 Å². The van der Waals surface area contributed by atoms with Gasteiger partial charge in [0.2, 0.25) is 0 Å². The molecule has 7 heteroatoms. The summed E-state index contributed by atoms with van der Waals surface area (Å²) in [5.41, 5.74) is 5.72. The Hall–Kier alpha value is -3.22. The predicted octanol–water partition coefficient (Wildman–Crippen LogP) is 1.85. The molecule has 0 spiro atoms. The molecule has 0 saturated carbocycles. The number of rotatable bonds is 6. The molecule has 0 bridgehead atoms. The quantitative estimate of drug-likeness (QED) is 0.781. The van der Waals surface area contributed by atoms with Crippen LogP contribution in [0, 0.1) is 6.92 Å². The van der Waals surface area contributed by atoms with Gasteiger partial charge < -0.3 is 14.2 Å². The SMILES string of the molecule is COc1cccc(OC)c1C(=O)NNC(=O)COc1ccccc1C. The molecule has 0 fully saturated rings. The van der Waals surface area contributed by atoms with E-state index in [0.717, 1.165) is 5.56 Å². The van der Waals surface area contributed by atoms with Gasteiger partial charge in [-0.25, -0.2) is 0 Å². The van der Waals surface area contributed by atoms with E-state index >= 15 is 0 Å². The number of ether oxygens (including phenoxy) is 3. The van der Waals surface area contributed by atoms with E-state index in [1.54, 1.807) is 24.3 Å². The molecule has 0 aliphatic heterocycles. The first-order valence-corrected chi connectivity index (χ1v) is 7.55. The number of hydrogen-bond acceptors (Lipinski definition) is 5. The highest BCUT2D eigenvalue weighted by atomic mass is 16.5. The molecule has 0 heterocycles. The van der Waals surface area contributed by atoms with Crippen LogP contribution in [0.4, 0.5) is 0 Å². The highest BCUT2D eigenvalue weighted by Crippen LogP contribution is 2.27. The van der Waals surface area contributed by atoms with Crippen molar-refractivity contribution in [3.63, 3.8) is 0 Å². The Bertz CT molecular complexity index is 739. The van der Waals surface area contributed by atoms with Crippen LogP contribution in [0.3, 0.4) is 0 Å². The van der Waals surface area contributed by atoms with Gasteiger partial charge in [-0.15, -0.1) is 0 Å². The molecule has 2 N–H and O–H groups in total. The Morgan fingerprint density at radius 1 is 0.880 bits per heavy atom. The second-order valence-electron chi connectivity index (χ2n) is 5.09. The first-order valence-electron chi connectivity index (χ1n) is 7.55. The molecule has 2 aromatic rings. The van der Waals surface area contributed by atoms with E-state index in [0.29, 0.717) is 17.2 Å². The lowest BCUT2D eigenvalue weighted by atomic mass is 10.1. The van der Waals surface area contributed by atoms with Crippen LogP contribution in [0.25, 0.3) is 0 Å². The molecule has 0 unspecified atom stereocenters. The van der Waals surface area contributed by atoms with Crippen LogP contribution >= 0.6 is 0 Å². The third-order valence-corrected chi connectivity index (χ3v) is 3.42. The van der Waals surface area contributed by atoms with Crippen molar-refractivity contribution >= 4 is 11.8 Å². The Morgan fingerprint density at radius 2 is 1.48 bits per heavy atom. The third-order valence-electron chi connectivity index (χ3n) is 3.42. The number of carbonyl (C=O) groups is 2. The number of aryl methyl sites for hydroxylation is 1. The summed E-state index contributed by atoms with van der Waals surface area (Å²) < 4.78 is 15.7. The highest BCUT2D eigenvalue weighted by Gasteiger charge is 2.18. The molecule has 2 amide bonds. The molecule has 2 aromatic carbocycles. The van der Waals surface area contributed by atoms with Crippen molar-refractivity contribution in [2.24, 2.45) is 0 Å². The average Bonchev–Trinajstić information content (AvgIpc) is 2.64. The minimum Gasteiger partial charge on any atom is -0.496 e. The van der Waals surface area contributed by atoms with Crippen LogP contribution in [0.2, 0.25) is 0 Å². The van der Waals surface area contributed by atoms with E-state index in [1.165, 1.54) is 14.2 Å². The van der Waals surface area contributed by atoms with Gasteiger partial charge in [0, 0.05) is 0 Å². The lowest BCUT2D eigenvalue weighted by molar-refractivity contribution is -0.123. The van der Waals surface area contributed by atoms with Gasteiger partial charge in [-0.3, -0.25) is 20.4 Å². The zero-order valence-electron chi connectivity index (χ0n) is 14.3. The van der Waals surface area contributed by atoms with Crippen molar-refractivity contribution in [1.29, 1.82) is 0 Å². The van der Waals surface area contributed by atoms with Gasteiger partial charge in [0.1, 0.15) is 22.8 Å². The smallest absolute Gasteiger partial charge is 0.277 e. The number of benzene rings is 2. The summed E-state index contributed by atoms with van der Waals surface area (Å²) in [6.45, 7) is 1.65. The fourth-order valence-corrected chi connectivity index (χ4v) is 2.16. The number of hydrogen-bond donors (Lipinski definition) is 2. The van der Waals surface area contributed by atoms with E-state index in [-0.39, 0.29) is 12.2 Å². The zero-order valence-corrected chi connectivity index (χ0v) is 14.3. The molecule has 0 aliphatic rings. The topological polar surface area (TPSA) is 85.9 Å². The van der Waals surface area contributed by atoms with E-state index in [1.807, 2.05) is 25.1 Å². The minimum absolute atomic E-state index is 0.188. The Morgan fingerprint density at radius 3 is 2.08 bits per heavy atom. The van der Waals surface area contributed by atoms with Crippen molar-refractivity contribution < 1.29 is 23.8 Å². The Balaban J connectivity index is 1.94. The zero-order chi connectivity index (χ0) is 18.2. The number of hydrazine groups is 1. The lowest BCUT2D eigenvalue weighted by Gasteiger charge is -2.14. The molecule has 0 atom stereocenters. The predicted molar refractivity (Wildman–Crippen MR) is 91.8 cm³/mol. The molecule has 2 rings (SSSR count). The first kappa shape index (κ1) is 18.1. The number of methoxy groups -OCH3 is 2. The second-order valence-corrected chi connectivity index (χ2v) is 5.09. The monoisotopic (exact) mass is 344 g/mol. The van der Waals surface area contributed by atoms with Gasteiger partial charge in [-0.05, 0) is 30.7 Å². The summed E-state index contributed by atoms with van der Waals surface area (Å²) >= 11 is 0. The molecule has 25 heavy (non-hydrogen) atoms. The molecule has 0 radical (unpaired) electrons. The van der Waals surface area contributed by atoms with Crippen LogP contribution in [0.5, 0.6) is 17.2 Å². The molecule has 0 saturated heterocycles. The first-order chi connectivity index (χ1) is 12.1. The van der Waals surface area contributed by atoms with Crippen LogP contribution in [-0.4, -0.2) is 32.6 Å². The van der Waals surface area contributed by atoms with E-state index in [2.05, 4.69) is 10.9 Å². The highest BCUT2D eigenvalue weighted by molar-refractivity contribution is 6.00. The average molecular weight is 344 g/mol. The Kier molecular flexibility index (Phi) is 6.22.